The number of nitrogens with zero attached hydrogens (tertiary/aromatic N) is 4. The highest BCUT2D eigenvalue weighted by Crippen LogP contribution is 2.23. The van der Waals surface area contributed by atoms with Crippen LogP contribution in [0.25, 0.3) is 0 Å². The Bertz CT molecular complexity index is 494. The fourth-order valence-electron chi connectivity index (χ4n) is 4.40. The van der Waals surface area contributed by atoms with E-state index in [4.69, 9.17) is 5.73 Å². The molecule has 0 spiro atoms. The van der Waals surface area contributed by atoms with Gasteiger partial charge in [-0.3, -0.25) is 14.6 Å². The van der Waals surface area contributed by atoms with Crippen LogP contribution in [0.3, 0.4) is 0 Å². The second-order valence-corrected chi connectivity index (χ2v) is 7.84. The lowest BCUT2D eigenvalue weighted by molar-refractivity contribution is -0.143. The number of fused-ring (bicyclic) bond motifs is 1. The van der Waals surface area contributed by atoms with Crippen molar-refractivity contribution in [2.45, 2.75) is 51.1 Å². The smallest absolute Gasteiger partial charge is 0.241 e. The van der Waals surface area contributed by atoms with Crippen molar-refractivity contribution in [3.05, 3.63) is 11.9 Å². The highest BCUT2D eigenvalue weighted by Gasteiger charge is 2.39. The van der Waals surface area contributed by atoms with Gasteiger partial charge in [0.2, 0.25) is 5.91 Å². The van der Waals surface area contributed by atoms with E-state index in [9.17, 15) is 4.79 Å². The Labute approximate surface area is 152 Å². The van der Waals surface area contributed by atoms with Gasteiger partial charge in [0.15, 0.2) is 0 Å². The van der Waals surface area contributed by atoms with Gasteiger partial charge in [0.1, 0.15) is 6.04 Å². The molecule has 2 atom stereocenters. The van der Waals surface area contributed by atoms with Gasteiger partial charge in [0, 0.05) is 64.8 Å². The SMILES string of the molecule is CCCCCCN1C=C(N)C(N2CCN3CCN(C)C(=O)C3C2)CC1. The fraction of sp³-hybridized carbons (Fsp3) is 0.842. The molecule has 2 fully saturated rings. The molecule has 3 aliphatic heterocycles. The van der Waals surface area contributed by atoms with Crippen LogP contribution >= 0.6 is 0 Å². The van der Waals surface area contributed by atoms with Gasteiger partial charge < -0.3 is 15.5 Å². The number of hydrogen-bond donors (Lipinski definition) is 1. The molecule has 0 radical (unpaired) electrons. The zero-order valence-corrected chi connectivity index (χ0v) is 16.0. The van der Waals surface area contributed by atoms with Crippen molar-refractivity contribution in [1.82, 2.24) is 19.6 Å². The first kappa shape index (κ1) is 18.5. The quantitative estimate of drug-likeness (QED) is 0.722. The zero-order chi connectivity index (χ0) is 17.8. The first-order valence-electron chi connectivity index (χ1n) is 10.0. The van der Waals surface area contributed by atoms with Gasteiger partial charge in [-0.2, -0.15) is 0 Å². The highest BCUT2D eigenvalue weighted by molar-refractivity contribution is 5.82. The van der Waals surface area contributed by atoms with Gasteiger partial charge in [-0.15, -0.1) is 0 Å². The van der Waals surface area contributed by atoms with Crippen LogP contribution in [0.15, 0.2) is 11.9 Å². The summed E-state index contributed by atoms with van der Waals surface area (Å²) in [6.45, 7) is 9.12. The van der Waals surface area contributed by atoms with E-state index in [2.05, 4.69) is 27.8 Å². The molecule has 0 aromatic rings. The van der Waals surface area contributed by atoms with E-state index in [1.54, 1.807) is 0 Å². The van der Waals surface area contributed by atoms with Crippen molar-refractivity contribution in [2.24, 2.45) is 5.73 Å². The molecule has 2 saturated heterocycles. The molecule has 0 saturated carbocycles. The number of piperazine rings is 2. The van der Waals surface area contributed by atoms with Gasteiger partial charge in [0.25, 0.3) is 0 Å². The molecule has 3 rings (SSSR count). The number of amides is 1. The lowest BCUT2D eigenvalue weighted by Crippen LogP contribution is -2.65. The minimum absolute atomic E-state index is 0.0207. The molecule has 2 N–H and O–H groups in total. The van der Waals surface area contributed by atoms with E-state index in [0.717, 1.165) is 57.9 Å². The summed E-state index contributed by atoms with van der Waals surface area (Å²) in [7, 11) is 1.92. The van der Waals surface area contributed by atoms with Crippen molar-refractivity contribution >= 4 is 5.91 Å². The van der Waals surface area contributed by atoms with E-state index < -0.39 is 0 Å². The number of nitrogens with two attached hydrogens (primary N) is 1. The molecule has 1 amide bonds. The van der Waals surface area contributed by atoms with E-state index in [1.807, 2.05) is 11.9 Å². The third kappa shape index (κ3) is 4.29. The predicted octanol–water partition coefficient (Wildman–Crippen LogP) is 0.899. The molecule has 3 aliphatic rings. The van der Waals surface area contributed by atoms with Crippen LogP contribution in [0.1, 0.15) is 39.0 Å². The average Bonchev–Trinajstić information content (AvgIpc) is 2.62. The number of likely N-dealkylation sites (N-methyl/N-ethyl adjacent to an activating group) is 1. The second kappa shape index (κ2) is 8.41. The molecule has 6 nitrogen and oxygen atoms in total. The van der Waals surface area contributed by atoms with Gasteiger partial charge in [0.05, 0.1) is 6.04 Å². The molecule has 0 aromatic carbocycles. The van der Waals surface area contributed by atoms with Crippen LogP contribution in [0.5, 0.6) is 0 Å². The van der Waals surface area contributed by atoms with Crippen molar-refractivity contribution < 1.29 is 4.79 Å². The van der Waals surface area contributed by atoms with Crippen LogP contribution in [0, 0.1) is 0 Å². The Kier molecular flexibility index (Phi) is 6.23. The van der Waals surface area contributed by atoms with Crippen molar-refractivity contribution in [2.75, 3.05) is 52.9 Å². The minimum atomic E-state index is 0.0207. The normalized spacial score (nSPS) is 28.9. The van der Waals surface area contributed by atoms with E-state index in [-0.39, 0.29) is 11.9 Å². The van der Waals surface area contributed by atoms with Crippen molar-refractivity contribution in [1.29, 1.82) is 0 Å². The van der Waals surface area contributed by atoms with Gasteiger partial charge in [-0.1, -0.05) is 26.2 Å². The zero-order valence-electron chi connectivity index (χ0n) is 16.0. The number of carbonyl (C=O) groups excluding carboxylic acids is 1. The van der Waals surface area contributed by atoms with Gasteiger partial charge >= 0.3 is 0 Å². The van der Waals surface area contributed by atoms with Gasteiger partial charge in [-0.05, 0) is 12.8 Å². The fourth-order valence-corrected chi connectivity index (χ4v) is 4.40. The maximum atomic E-state index is 12.5. The van der Waals surface area contributed by atoms with Crippen LogP contribution in [0.4, 0.5) is 0 Å². The third-order valence-corrected chi connectivity index (χ3v) is 6.05. The Balaban J connectivity index is 1.55. The molecule has 0 aromatic heterocycles. The number of carbonyl (C=O) groups is 1. The molecule has 6 heteroatoms. The van der Waals surface area contributed by atoms with Gasteiger partial charge in [-0.25, -0.2) is 0 Å². The number of rotatable bonds is 6. The molecule has 25 heavy (non-hydrogen) atoms. The largest absolute Gasteiger partial charge is 0.400 e. The molecule has 2 unspecified atom stereocenters. The van der Waals surface area contributed by atoms with E-state index >= 15 is 0 Å². The maximum Gasteiger partial charge on any atom is 0.241 e. The molecule has 0 aliphatic carbocycles. The molecule has 3 heterocycles. The van der Waals surface area contributed by atoms with Crippen LogP contribution in [-0.4, -0.2) is 90.5 Å². The lowest BCUT2D eigenvalue weighted by Gasteiger charge is -2.48. The molecular weight excluding hydrogens is 314 g/mol. The first-order valence-corrected chi connectivity index (χ1v) is 10.0. The van der Waals surface area contributed by atoms with Crippen LogP contribution < -0.4 is 5.73 Å². The predicted molar refractivity (Wildman–Crippen MR) is 101 cm³/mol. The first-order chi connectivity index (χ1) is 12.1. The van der Waals surface area contributed by atoms with E-state index in [1.165, 1.54) is 25.7 Å². The summed E-state index contributed by atoms with van der Waals surface area (Å²) in [4.78, 5) is 21.6. The Morgan fingerprint density at radius 1 is 1.04 bits per heavy atom. The van der Waals surface area contributed by atoms with Crippen LogP contribution in [-0.2, 0) is 4.79 Å². The molecule has 0 bridgehead atoms. The lowest BCUT2D eigenvalue weighted by atomic mass is 10.0. The van der Waals surface area contributed by atoms with Crippen LogP contribution in [0.2, 0.25) is 0 Å². The summed E-state index contributed by atoms with van der Waals surface area (Å²) >= 11 is 0. The Morgan fingerprint density at radius 2 is 1.80 bits per heavy atom. The summed E-state index contributed by atoms with van der Waals surface area (Å²) in [6, 6.07) is 0.321. The van der Waals surface area contributed by atoms with E-state index in [0.29, 0.717) is 6.04 Å². The second-order valence-electron chi connectivity index (χ2n) is 7.84. The monoisotopic (exact) mass is 349 g/mol. The number of hydrogen-bond acceptors (Lipinski definition) is 5. The maximum absolute atomic E-state index is 12.5. The third-order valence-electron chi connectivity index (χ3n) is 6.05. The Morgan fingerprint density at radius 3 is 2.56 bits per heavy atom. The average molecular weight is 350 g/mol. The van der Waals surface area contributed by atoms with Crippen molar-refractivity contribution in [3.63, 3.8) is 0 Å². The standard InChI is InChI=1S/C19H35N5O/c1-3-4-5-6-8-22-9-7-17(16(20)14-22)24-13-12-23-11-10-21(2)19(25)18(23)15-24/h14,17-18H,3-13,15,20H2,1-2H3. The Hall–Kier alpha value is -1.27. The highest BCUT2D eigenvalue weighted by atomic mass is 16.2. The number of unbranched alkanes of at least 4 members (excludes halogenated alkanes) is 3. The molecule has 142 valence electrons. The summed E-state index contributed by atoms with van der Waals surface area (Å²) in [5, 5.41) is 0. The topological polar surface area (TPSA) is 56.1 Å². The summed E-state index contributed by atoms with van der Waals surface area (Å²) in [6.07, 6.45) is 8.41. The summed E-state index contributed by atoms with van der Waals surface area (Å²) in [5.74, 6) is 0.270. The summed E-state index contributed by atoms with van der Waals surface area (Å²) < 4.78 is 0. The summed E-state index contributed by atoms with van der Waals surface area (Å²) in [5.41, 5.74) is 7.41. The molecular formula is C19H35N5O. The van der Waals surface area contributed by atoms with Crippen molar-refractivity contribution in [3.8, 4) is 0 Å². The minimum Gasteiger partial charge on any atom is -0.400 e.